The minimum Gasteiger partial charge on any atom is -0.508 e. The number of phenolic OH excluding ortho intramolecular Hbond substituents is 4. The molecule has 3 aliphatic rings. The van der Waals surface area contributed by atoms with Gasteiger partial charge in [0, 0.05) is 41.9 Å². The molecule has 6 unspecified atom stereocenters. The van der Waals surface area contributed by atoms with E-state index in [2.05, 4.69) is 21.7 Å². The van der Waals surface area contributed by atoms with Gasteiger partial charge in [0.05, 0.1) is 32.3 Å². The molecule has 2 bridgehead atoms. The number of ketones is 1. The Balaban J connectivity index is 1.31. The molecule has 4 aromatic carbocycles. The lowest BCUT2D eigenvalue weighted by atomic mass is 9.57. The van der Waals surface area contributed by atoms with E-state index in [-0.39, 0.29) is 41.6 Å². The van der Waals surface area contributed by atoms with Crippen molar-refractivity contribution in [3.63, 3.8) is 0 Å². The summed E-state index contributed by atoms with van der Waals surface area (Å²) >= 11 is 0. The predicted molar refractivity (Wildman–Crippen MR) is 229 cm³/mol. The van der Waals surface area contributed by atoms with Crippen molar-refractivity contribution in [2.45, 2.75) is 69.5 Å². The molecule has 12 nitrogen and oxygen atoms in total. The fourth-order valence-corrected chi connectivity index (χ4v) is 10.2. The van der Waals surface area contributed by atoms with Crippen LogP contribution in [0, 0.1) is 17.3 Å². The Hall–Kier alpha value is -6.11. The maximum Gasteiger partial charge on any atom is 0.200 e. The van der Waals surface area contributed by atoms with Gasteiger partial charge in [0.15, 0.2) is 23.0 Å². The number of rotatable bonds is 9. The minimum absolute atomic E-state index is 0.00328. The summed E-state index contributed by atoms with van der Waals surface area (Å²) < 4.78 is 10.8. The van der Waals surface area contributed by atoms with Gasteiger partial charge < -0.3 is 55.7 Å². The van der Waals surface area contributed by atoms with E-state index < -0.39 is 41.1 Å². The highest BCUT2D eigenvalue weighted by Crippen LogP contribution is 2.58. The number of aliphatic hydroxyl groups excluding tert-OH is 2. The molecule has 9 N–H and O–H groups in total. The molecule has 0 radical (unpaired) electrons. The number of fused-ring (bicyclic) bond motifs is 5. The van der Waals surface area contributed by atoms with Crippen LogP contribution in [0.1, 0.15) is 60.4 Å². The number of ether oxygens (including phenoxy) is 2. The van der Waals surface area contributed by atoms with Gasteiger partial charge >= 0.3 is 0 Å². The van der Waals surface area contributed by atoms with Crippen LogP contribution in [0.5, 0.6) is 34.5 Å². The number of benzene rings is 4. The lowest BCUT2D eigenvalue weighted by molar-refractivity contribution is -0.134. The average molecular weight is 816 g/mol. The largest absolute Gasteiger partial charge is 0.508 e. The monoisotopic (exact) mass is 815 g/mol. The van der Waals surface area contributed by atoms with E-state index in [9.17, 15) is 30.6 Å². The zero-order chi connectivity index (χ0) is 42.1. The van der Waals surface area contributed by atoms with Gasteiger partial charge in [0.2, 0.25) is 5.75 Å². The summed E-state index contributed by atoms with van der Waals surface area (Å²) in [4.78, 5) is 19.0. The number of nitrogens with one attached hydrogen (secondary N) is 3. The molecular formula is C48H53N3O9. The first-order chi connectivity index (χ1) is 29.0. The lowest BCUT2D eigenvalue weighted by Crippen LogP contribution is -2.50. The number of H-pyrrole nitrogens is 1. The molecule has 1 aromatic heterocycles. The van der Waals surface area contributed by atoms with Crippen molar-refractivity contribution in [3.05, 3.63) is 125 Å². The summed E-state index contributed by atoms with van der Waals surface area (Å²) in [5.74, 6) is -1.65. The van der Waals surface area contributed by atoms with Crippen LogP contribution in [0.4, 0.5) is 5.69 Å². The molecule has 6 atom stereocenters. The molecule has 1 aliphatic carbocycles. The second-order valence-electron chi connectivity index (χ2n) is 16.5. The Bertz CT molecular complexity index is 2440. The molecule has 2 aliphatic heterocycles. The highest BCUT2D eigenvalue weighted by molar-refractivity contribution is 5.91. The number of hydrogen-bond donors (Lipinski definition) is 9. The summed E-state index contributed by atoms with van der Waals surface area (Å²) in [7, 11) is 2.88. The van der Waals surface area contributed by atoms with Crippen LogP contribution in [0.15, 0.2) is 103 Å². The third-order valence-electron chi connectivity index (χ3n) is 13.1. The Morgan fingerprint density at radius 3 is 2.53 bits per heavy atom. The fraction of sp³-hybridized carbons (Fsp3) is 0.354. The highest BCUT2D eigenvalue weighted by atomic mass is 16.5. The maximum absolute atomic E-state index is 15.7. The first-order valence-corrected chi connectivity index (χ1v) is 20.6. The number of carbonyl (C=O) groups excluding carboxylic acids is 1. The molecular weight excluding hydrogens is 763 g/mol. The smallest absolute Gasteiger partial charge is 0.200 e. The van der Waals surface area contributed by atoms with Crippen LogP contribution >= 0.6 is 0 Å². The standard InChI is InChI=1S/C48H53N3O9/c1-59-43-20-27(5-13-39(43)54)6-14-40(55)46-41(56)22-28(30-23-42(57)47(58)44(24-30)60-2)7-10-35-34-11-9-33(52)21-29(34)8-12-37(35)51-45-25-31(16-19-50-45)48(46)17-15-38(53)36(48)26-32-4-3-18-49-32/h3-5,8-9,11-13,16,18,20-21,23-25,28,36,38,40,46,49-55,57-58H,6-7,10,14-15,17,19,22,26H2,1-2H3. The predicted octanol–water partition coefficient (Wildman–Crippen LogP) is 7.09. The third-order valence-corrected chi connectivity index (χ3v) is 13.1. The number of hydrogen-bond acceptors (Lipinski definition) is 11. The number of anilines is 1. The maximum atomic E-state index is 15.7. The lowest BCUT2D eigenvalue weighted by Gasteiger charge is -2.46. The van der Waals surface area contributed by atoms with Crippen LogP contribution in [-0.2, 0) is 24.1 Å². The van der Waals surface area contributed by atoms with E-state index in [0.717, 1.165) is 38.9 Å². The first kappa shape index (κ1) is 40.7. The van der Waals surface area contributed by atoms with Gasteiger partial charge in [-0.15, -0.1) is 0 Å². The molecule has 314 valence electrons. The third kappa shape index (κ3) is 7.73. The minimum atomic E-state index is -1.16. The first-order valence-electron chi connectivity index (χ1n) is 20.6. The molecule has 0 saturated heterocycles. The Labute approximate surface area is 348 Å². The summed E-state index contributed by atoms with van der Waals surface area (Å²) in [6.45, 7) is 0.442. The van der Waals surface area contributed by atoms with Crippen LogP contribution < -0.4 is 20.1 Å². The Kier molecular flexibility index (Phi) is 11.4. The summed E-state index contributed by atoms with van der Waals surface area (Å²) in [6.07, 6.45) is 6.82. The van der Waals surface area contributed by atoms with Crippen LogP contribution in [0.25, 0.3) is 10.8 Å². The zero-order valence-electron chi connectivity index (χ0n) is 33.8. The molecule has 12 heteroatoms. The van der Waals surface area contributed by atoms with Crippen molar-refractivity contribution in [1.29, 1.82) is 0 Å². The Morgan fingerprint density at radius 2 is 1.75 bits per heavy atom. The van der Waals surface area contributed by atoms with Crippen molar-refractivity contribution in [2.75, 3.05) is 26.1 Å². The van der Waals surface area contributed by atoms with Crippen LogP contribution in [-0.4, -0.2) is 74.4 Å². The molecule has 1 spiro atoms. The molecule has 0 amide bonds. The van der Waals surface area contributed by atoms with Gasteiger partial charge in [-0.1, -0.05) is 24.3 Å². The number of aromatic amines is 1. The number of methoxy groups -OCH3 is 2. The molecule has 5 aromatic rings. The van der Waals surface area contributed by atoms with Crippen LogP contribution in [0.3, 0.4) is 0 Å². The van der Waals surface area contributed by atoms with Crippen molar-refractivity contribution in [2.24, 2.45) is 17.3 Å². The van der Waals surface area contributed by atoms with E-state index >= 15 is 4.79 Å². The average Bonchev–Trinajstić information content (AvgIpc) is 3.88. The number of aromatic hydroxyl groups is 4. The van der Waals surface area contributed by atoms with Crippen LogP contribution in [0.2, 0.25) is 0 Å². The van der Waals surface area contributed by atoms with Gasteiger partial charge in [-0.2, -0.15) is 0 Å². The number of dihydropyridines is 1. The number of allylic oxidation sites excluding steroid dienone is 2. The Morgan fingerprint density at radius 1 is 0.917 bits per heavy atom. The van der Waals surface area contributed by atoms with E-state index in [4.69, 9.17) is 9.47 Å². The van der Waals surface area contributed by atoms with Gasteiger partial charge in [-0.25, -0.2) is 0 Å². The van der Waals surface area contributed by atoms with Gasteiger partial charge in [-0.05, 0) is 145 Å². The normalized spacial score (nSPS) is 23.6. The zero-order valence-corrected chi connectivity index (χ0v) is 33.8. The fourth-order valence-electron chi connectivity index (χ4n) is 10.2. The van der Waals surface area contributed by atoms with Gasteiger partial charge in [0.25, 0.3) is 0 Å². The van der Waals surface area contributed by atoms with Gasteiger partial charge in [0.1, 0.15) is 17.4 Å². The molecule has 1 saturated carbocycles. The second kappa shape index (κ2) is 16.9. The number of phenols is 4. The summed E-state index contributed by atoms with van der Waals surface area (Å²) in [5.41, 5.74) is 3.97. The molecule has 8 rings (SSSR count). The quantitative estimate of drug-likeness (QED) is 0.0689. The van der Waals surface area contributed by atoms with Crippen molar-refractivity contribution in [3.8, 4) is 34.5 Å². The molecule has 60 heavy (non-hydrogen) atoms. The van der Waals surface area contributed by atoms with Gasteiger partial charge in [-0.3, -0.25) is 4.79 Å². The topological polar surface area (TPSA) is 197 Å². The number of carbonyl (C=O) groups is 1. The van der Waals surface area contributed by atoms with Crippen molar-refractivity contribution >= 4 is 22.2 Å². The number of Topliss-reactive ketones (excluding diaryl/α,β-unsaturated/α-hetero) is 1. The second-order valence-corrected chi connectivity index (χ2v) is 16.5. The number of aryl methyl sites for hydroxylation is 2. The van der Waals surface area contributed by atoms with E-state index in [1.165, 1.54) is 20.3 Å². The van der Waals surface area contributed by atoms with Crippen molar-refractivity contribution in [1.82, 2.24) is 10.3 Å². The number of aromatic nitrogens is 1. The SMILES string of the molecule is COc1cc(CCC(O)C2C(=O)CC(c3cc(O)c(O)c(OC)c3)CCc3c(ccc4cc(O)ccc34)NC3=CC(=CCN3)C23CCC(O)C3Cc2ccc[nH]2)ccc1O. The summed E-state index contributed by atoms with van der Waals surface area (Å²) in [5, 5.41) is 75.9. The summed E-state index contributed by atoms with van der Waals surface area (Å²) in [6, 6.07) is 21.3. The van der Waals surface area contributed by atoms with E-state index in [1.54, 1.807) is 36.4 Å². The molecule has 3 heterocycles. The van der Waals surface area contributed by atoms with Crippen molar-refractivity contribution < 1.29 is 44.9 Å². The van der Waals surface area contributed by atoms with E-state index in [0.29, 0.717) is 62.2 Å². The molecule has 1 fully saturated rings. The highest BCUT2D eigenvalue weighted by Gasteiger charge is 2.58. The number of aliphatic hydroxyl groups is 2. The van der Waals surface area contributed by atoms with E-state index in [1.807, 2.05) is 42.6 Å².